The van der Waals surface area contributed by atoms with Crippen molar-refractivity contribution in [2.45, 2.75) is 12.3 Å². The fourth-order valence-corrected chi connectivity index (χ4v) is 2.24. The molecule has 82 valence electrons. The van der Waals surface area contributed by atoms with Crippen molar-refractivity contribution < 1.29 is 9.90 Å². The summed E-state index contributed by atoms with van der Waals surface area (Å²) in [7, 11) is 2.03. The average Bonchev–Trinajstić information content (AvgIpc) is 2.71. The number of hydrogen-bond acceptors (Lipinski definition) is 3. The molecule has 1 saturated heterocycles. The molecule has 1 aromatic rings. The van der Waals surface area contributed by atoms with E-state index in [1.165, 1.54) is 0 Å². The van der Waals surface area contributed by atoms with Crippen molar-refractivity contribution in [3.05, 3.63) is 16.4 Å². The number of carboxylic acids is 1. The van der Waals surface area contributed by atoms with Gasteiger partial charge >= 0.3 is 5.97 Å². The minimum absolute atomic E-state index is 0.0822. The second-order valence-electron chi connectivity index (χ2n) is 3.85. The van der Waals surface area contributed by atoms with Crippen LogP contribution in [0.25, 0.3) is 0 Å². The van der Waals surface area contributed by atoms with Gasteiger partial charge in [0, 0.05) is 12.5 Å². The summed E-state index contributed by atoms with van der Waals surface area (Å²) in [5, 5.41) is 15.5. The number of likely N-dealkylation sites (tertiary alicyclic amines) is 1. The molecule has 5 nitrogen and oxygen atoms in total. The summed E-state index contributed by atoms with van der Waals surface area (Å²) in [5.74, 6) is -0.822. The van der Waals surface area contributed by atoms with Gasteiger partial charge in [0.1, 0.15) is 0 Å². The zero-order chi connectivity index (χ0) is 11.0. The van der Waals surface area contributed by atoms with E-state index in [0.29, 0.717) is 0 Å². The molecule has 0 bridgehead atoms. The van der Waals surface area contributed by atoms with Crippen LogP contribution in [0.15, 0.2) is 0 Å². The third-order valence-corrected chi connectivity index (χ3v) is 3.12. The van der Waals surface area contributed by atoms with E-state index >= 15 is 0 Å². The lowest BCUT2D eigenvalue weighted by atomic mass is 10.0. The fraction of sp³-hybridized carbons (Fsp3) is 0.556. The predicted molar refractivity (Wildman–Crippen MR) is 55.4 cm³/mol. The van der Waals surface area contributed by atoms with Gasteiger partial charge in [0.2, 0.25) is 0 Å². The van der Waals surface area contributed by atoms with Gasteiger partial charge in [-0.3, -0.25) is 5.10 Å². The summed E-state index contributed by atoms with van der Waals surface area (Å²) in [6.07, 6.45) is 0.984. The van der Waals surface area contributed by atoms with Gasteiger partial charge in [-0.15, -0.1) is 0 Å². The standard InChI is InChI=1S/C9H12ClN3O2/c1-13-3-2-5(4-13)7-6(10)8(9(14)15)12-11-7/h5H,2-4H2,1H3,(H,11,12)(H,14,15). The van der Waals surface area contributed by atoms with Crippen LogP contribution in [-0.4, -0.2) is 46.3 Å². The number of hydrogen-bond donors (Lipinski definition) is 2. The van der Waals surface area contributed by atoms with Crippen LogP contribution in [0.3, 0.4) is 0 Å². The van der Waals surface area contributed by atoms with E-state index in [0.717, 1.165) is 25.2 Å². The van der Waals surface area contributed by atoms with Gasteiger partial charge in [0.05, 0.1) is 10.7 Å². The molecule has 1 aliphatic heterocycles. The van der Waals surface area contributed by atoms with E-state index in [-0.39, 0.29) is 16.6 Å². The van der Waals surface area contributed by atoms with Crippen LogP contribution in [0.5, 0.6) is 0 Å². The predicted octanol–water partition coefficient (Wildman–Crippen LogP) is 1.18. The summed E-state index contributed by atoms with van der Waals surface area (Å²) in [4.78, 5) is 12.9. The first-order valence-corrected chi connectivity index (χ1v) is 5.13. The summed E-state index contributed by atoms with van der Waals surface area (Å²) in [5.41, 5.74) is 0.666. The minimum Gasteiger partial charge on any atom is -0.476 e. The largest absolute Gasteiger partial charge is 0.476 e. The molecule has 1 aromatic heterocycles. The van der Waals surface area contributed by atoms with E-state index in [4.69, 9.17) is 16.7 Å². The van der Waals surface area contributed by atoms with Crippen LogP contribution in [-0.2, 0) is 0 Å². The average molecular weight is 230 g/mol. The number of carboxylic acid groups (broad SMARTS) is 1. The third-order valence-electron chi connectivity index (χ3n) is 2.73. The maximum absolute atomic E-state index is 10.7. The van der Waals surface area contributed by atoms with E-state index in [9.17, 15) is 4.79 Å². The van der Waals surface area contributed by atoms with Crippen molar-refractivity contribution in [3.8, 4) is 0 Å². The zero-order valence-electron chi connectivity index (χ0n) is 8.33. The molecule has 0 saturated carbocycles. The Kier molecular flexibility index (Phi) is 2.67. The molecular formula is C9H12ClN3O2. The molecule has 2 N–H and O–H groups in total. The summed E-state index contributed by atoms with van der Waals surface area (Å²) < 4.78 is 0. The molecule has 1 aliphatic rings. The molecule has 0 aromatic carbocycles. The molecule has 1 unspecified atom stereocenters. The maximum atomic E-state index is 10.7. The second kappa shape index (κ2) is 3.83. The number of nitrogens with one attached hydrogen (secondary N) is 1. The Bertz CT molecular complexity index is 391. The smallest absolute Gasteiger partial charge is 0.357 e. The van der Waals surface area contributed by atoms with Gasteiger partial charge in [-0.25, -0.2) is 4.79 Å². The first-order chi connectivity index (χ1) is 7.09. The number of carbonyl (C=O) groups is 1. The molecular weight excluding hydrogens is 218 g/mol. The Labute approximate surface area is 92.0 Å². The zero-order valence-corrected chi connectivity index (χ0v) is 9.08. The lowest BCUT2D eigenvalue weighted by Gasteiger charge is -2.08. The quantitative estimate of drug-likeness (QED) is 0.799. The number of aromatic carboxylic acids is 1. The topological polar surface area (TPSA) is 69.2 Å². The number of rotatable bonds is 2. The monoisotopic (exact) mass is 229 g/mol. The van der Waals surface area contributed by atoms with Crippen LogP contribution in [0.1, 0.15) is 28.5 Å². The SMILES string of the molecule is CN1CCC(c2[nH]nc(C(=O)O)c2Cl)C1. The van der Waals surface area contributed by atoms with Crippen LogP contribution < -0.4 is 0 Å². The number of halogens is 1. The van der Waals surface area contributed by atoms with Crippen molar-refractivity contribution in [1.82, 2.24) is 15.1 Å². The Morgan fingerprint density at radius 1 is 1.73 bits per heavy atom. The molecule has 1 atom stereocenters. The fourth-order valence-electron chi connectivity index (χ4n) is 1.92. The summed E-state index contributed by atoms with van der Waals surface area (Å²) in [6, 6.07) is 0. The molecule has 0 spiro atoms. The Hall–Kier alpha value is -1.07. The van der Waals surface area contributed by atoms with Gasteiger partial charge in [0.25, 0.3) is 0 Å². The normalized spacial score (nSPS) is 22.1. The molecule has 0 aliphatic carbocycles. The molecule has 2 heterocycles. The summed E-state index contributed by atoms with van der Waals surface area (Å²) in [6.45, 7) is 1.89. The van der Waals surface area contributed by atoms with Crippen molar-refractivity contribution in [2.24, 2.45) is 0 Å². The number of nitrogens with zero attached hydrogens (tertiary/aromatic N) is 2. The van der Waals surface area contributed by atoms with E-state index in [1.807, 2.05) is 7.05 Å². The molecule has 0 amide bonds. The van der Waals surface area contributed by atoms with E-state index in [2.05, 4.69) is 15.1 Å². The van der Waals surface area contributed by atoms with Crippen molar-refractivity contribution in [2.75, 3.05) is 20.1 Å². The Morgan fingerprint density at radius 3 is 2.93 bits per heavy atom. The van der Waals surface area contributed by atoms with Gasteiger partial charge in [-0.05, 0) is 20.0 Å². The van der Waals surface area contributed by atoms with Gasteiger partial charge in [0.15, 0.2) is 5.69 Å². The number of aromatic nitrogens is 2. The molecule has 2 rings (SSSR count). The molecule has 1 fully saturated rings. The molecule has 6 heteroatoms. The molecule has 15 heavy (non-hydrogen) atoms. The summed E-state index contributed by atoms with van der Waals surface area (Å²) >= 11 is 5.95. The van der Waals surface area contributed by atoms with Crippen molar-refractivity contribution >= 4 is 17.6 Å². The number of H-pyrrole nitrogens is 1. The highest BCUT2D eigenvalue weighted by molar-refractivity contribution is 6.33. The van der Waals surface area contributed by atoms with Crippen LogP contribution in [0, 0.1) is 0 Å². The highest BCUT2D eigenvalue weighted by Crippen LogP contribution is 2.31. The van der Waals surface area contributed by atoms with Crippen molar-refractivity contribution in [3.63, 3.8) is 0 Å². The van der Waals surface area contributed by atoms with Crippen molar-refractivity contribution in [1.29, 1.82) is 0 Å². The van der Waals surface area contributed by atoms with Crippen LogP contribution in [0.4, 0.5) is 0 Å². The highest BCUT2D eigenvalue weighted by atomic mass is 35.5. The third kappa shape index (κ3) is 1.85. The van der Waals surface area contributed by atoms with E-state index < -0.39 is 5.97 Å². The Morgan fingerprint density at radius 2 is 2.47 bits per heavy atom. The van der Waals surface area contributed by atoms with Gasteiger partial charge in [-0.2, -0.15) is 5.10 Å². The van der Waals surface area contributed by atoms with Gasteiger partial charge in [-0.1, -0.05) is 11.6 Å². The lowest BCUT2D eigenvalue weighted by Crippen LogP contribution is -2.13. The number of aromatic amines is 1. The maximum Gasteiger partial charge on any atom is 0.357 e. The van der Waals surface area contributed by atoms with Crippen LogP contribution >= 0.6 is 11.6 Å². The first kappa shape index (κ1) is 10.4. The second-order valence-corrected chi connectivity index (χ2v) is 4.23. The highest BCUT2D eigenvalue weighted by Gasteiger charge is 2.27. The van der Waals surface area contributed by atoms with E-state index in [1.54, 1.807) is 0 Å². The lowest BCUT2D eigenvalue weighted by molar-refractivity contribution is 0.0690. The molecule has 0 radical (unpaired) electrons. The van der Waals surface area contributed by atoms with Gasteiger partial charge < -0.3 is 10.0 Å². The minimum atomic E-state index is -1.09. The first-order valence-electron chi connectivity index (χ1n) is 4.75. The Balaban J connectivity index is 2.26. The number of likely N-dealkylation sites (N-methyl/N-ethyl adjacent to an activating group) is 1. The van der Waals surface area contributed by atoms with Crippen LogP contribution in [0.2, 0.25) is 5.02 Å².